The van der Waals surface area contributed by atoms with Crippen LogP contribution in [0.25, 0.3) is 0 Å². The van der Waals surface area contributed by atoms with Crippen LogP contribution in [0.4, 0.5) is 4.39 Å². The molecule has 0 saturated heterocycles. The Morgan fingerprint density at radius 3 is 2.33 bits per heavy atom. The van der Waals surface area contributed by atoms with Gasteiger partial charge in [-0.05, 0) is 38.0 Å². The maximum Gasteiger partial charge on any atom is 0.126 e. The first-order valence-electron chi connectivity index (χ1n) is 3.97. The number of hydrogen-bond acceptors (Lipinski definition) is 1. The molecule has 12 heavy (non-hydrogen) atoms. The minimum Gasteiger partial charge on any atom is -0.322 e. The normalized spacial score (nSPS) is 11.8. The Morgan fingerprint density at radius 1 is 1.33 bits per heavy atom. The van der Waals surface area contributed by atoms with Crippen LogP contribution in [0.2, 0.25) is 0 Å². The molecular weight excluding hydrogens is 153 g/mol. The van der Waals surface area contributed by atoms with Gasteiger partial charge in [0.1, 0.15) is 5.82 Å². The lowest BCUT2D eigenvalue weighted by molar-refractivity contribution is 0.542. The quantitative estimate of drug-likeness (QED) is 0.682. The third-order valence-electron chi connectivity index (χ3n) is 1.92. The zero-order valence-electron chi connectivity index (χ0n) is 7.69. The molecule has 0 saturated carbocycles. The van der Waals surface area contributed by atoms with Crippen molar-refractivity contribution in [3.05, 3.63) is 35.1 Å². The van der Waals surface area contributed by atoms with Gasteiger partial charge in [0.15, 0.2) is 0 Å². The van der Waals surface area contributed by atoms with Gasteiger partial charge in [0, 0.05) is 5.54 Å². The van der Waals surface area contributed by atoms with Crippen molar-refractivity contribution in [1.82, 2.24) is 0 Å². The standard InChI is InChI=1S/C10H14FN/c1-7-4-5-8(6-9(7)11)10(2,3)12/h4-6H,12H2,1-3H3. The summed E-state index contributed by atoms with van der Waals surface area (Å²) in [7, 11) is 0. The molecule has 0 spiro atoms. The third kappa shape index (κ3) is 1.83. The molecule has 0 aliphatic rings. The highest BCUT2D eigenvalue weighted by atomic mass is 19.1. The van der Waals surface area contributed by atoms with Crippen molar-refractivity contribution in [3.8, 4) is 0 Å². The van der Waals surface area contributed by atoms with E-state index in [1.807, 2.05) is 19.9 Å². The van der Waals surface area contributed by atoms with Gasteiger partial charge in [0.05, 0.1) is 0 Å². The van der Waals surface area contributed by atoms with Crippen LogP contribution in [0, 0.1) is 12.7 Å². The van der Waals surface area contributed by atoms with Crippen LogP contribution in [0.1, 0.15) is 25.0 Å². The van der Waals surface area contributed by atoms with Crippen LogP contribution in [0.5, 0.6) is 0 Å². The van der Waals surface area contributed by atoms with Crippen molar-refractivity contribution in [3.63, 3.8) is 0 Å². The minimum atomic E-state index is -0.464. The van der Waals surface area contributed by atoms with Gasteiger partial charge in [-0.1, -0.05) is 12.1 Å². The zero-order chi connectivity index (χ0) is 9.35. The van der Waals surface area contributed by atoms with Gasteiger partial charge in [0.2, 0.25) is 0 Å². The molecule has 2 N–H and O–H groups in total. The van der Waals surface area contributed by atoms with E-state index in [0.717, 1.165) is 5.56 Å². The van der Waals surface area contributed by atoms with Crippen molar-refractivity contribution in [2.45, 2.75) is 26.3 Å². The second-order valence-electron chi connectivity index (χ2n) is 3.69. The van der Waals surface area contributed by atoms with Crippen LogP contribution >= 0.6 is 0 Å². The Kier molecular flexibility index (Phi) is 2.20. The van der Waals surface area contributed by atoms with E-state index in [4.69, 9.17) is 5.73 Å². The predicted molar refractivity (Wildman–Crippen MR) is 48.4 cm³/mol. The molecule has 0 aromatic heterocycles. The van der Waals surface area contributed by atoms with Crippen molar-refractivity contribution in [1.29, 1.82) is 0 Å². The molecular formula is C10H14FN. The summed E-state index contributed by atoms with van der Waals surface area (Å²) in [5.74, 6) is -0.189. The summed E-state index contributed by atoms with van der Waals surface area (Å²) in [5.41, 5.74) is 6.83. The molecule has 1 nitrogen and oxygen atoms in total. The highest BCUT2D eigenvalue weighted by molar-refractivity contribution is 5.27. The fraction of sp³-hybridized carbons (Fsp3) is 0.400. The molecule has 1 aromatic rings. The van der Waals surface area contributed by atoms with Crippen LogP contribution < -0.4 is 5.73 Å². The van der Waals surface area contributed by atoms with Crippen molar-refractivity contribution in [2.75, 3.05) is 0 Å². The van der Waals surface area contributed by atoms with E-state index in [0.29, 0.717) is 5.56 Å². The van der Waals surface area contributed by atoms with Crippen molar-refractivity contribution in [2.24, 2.45) is 5.73 Å². The van der Waals surface area contributed by atoms with E-state index >= 15 is 0 Å². The Balaban J connectivity index is 3.14. The molecule has 0 aliphatic heterocycles. The lowest BCUT2D eigenvalue weighted by Gasteiger charge is -2.19. The lowest BCUT2D eigenvalue weighted by atomic mass is 9.95. The first kappa shape index (κ1) is 9.20. The molecule has 0 heterocycles. The summed E-state index contributed by atoms with van der Waals surface area (Å²) in [4.78, 5) is 0. The van der Waals surface area contributed by atoms with Gasteiger partial charge in [-0.2, -0.15) is 0 Å². The zero-order valence-corrected chi connectivity index (χ0v) is 7.69. The summed E-state index contributed by atoms with van der Waals surface area (Å²) in [6.45, 7) is 5.46. The van der Waals surface area contributed by atoms with Crippen LogP contribution in [0.3, 0.4) is 0 Å². The van der Waals surface area contributed by atoms with Crippen molar-refractivity contribution < 1.29 is 4.39 Å². The molecule has 66 valence electrons. The predicted octanol–water partition coefficient (Wildman–Crippen LogP) is 2.33. The topological polar surface area (TPSA) is 26.0 Å². The Labute approximate surface area is 72.4 Å². The summed E-state index contributed by atoms with van der Waals surface area (Å²) in [6.07, 6.45) is 0. The molecule has 1 aromatic carbocycles. The Bertz CT molecular complexity index is 286. The number of benzene rings is 1. The van der Waals surface area contributed by atoms with Gasteiger partial charge >= 0.3 is 0 Å². The van der Waals surface area contributed by atoms with E-state index < -0.39 is 5.54 Å². The third-order valence-corrected chi connectivity index (χ3v) is 1.92. The largest absolute Gasteiger partial charge is 0.322 e. The molecule has 0 radical (unpaired) electrons. The van der Waals surface area contributed by atoms with Gasteiger partial charge in [-0.25, -0.2) is 4.39 Å². The average Bonchev–Trinajstić information content (AvgIpc) is 1.92. The van der Waals surface area contributed by atoms with E-state index in [1.165, 1.54) is 6.07 Å². The second-order valence-corrected chi connectivity index (χ2v) is 3.69. The molecule has 0 amide bonds. The smallest absolute Gasteiger partial charge is 0.126 e. The fourth-order valence-corrected chi connectivity index (χ4v) is 0.994. The van der Waals surface area contributed by atoms with Crippen LogP contribution in [0.15, 0.2) is 18.2 Å². The van der Waals surface area contributed by atoms with E-state index in [-0.39, 0.29) is 5.82 Å². The Morgan fingerprint density at radius 2 is 1.92 bits per heavy atom. The first-order valence-corrected chi connectivity index (χ1v) is 3.97. The summed E-state index contributed by atoms with van der Waals surface area (Å²) in [6, 6.07) is 5.10. The summed E-state index contributed by atoms with van der Waals surface area (Å²) >= 11 is 0. The number of aryl methyl sites for hydroxylation is 1. The maximum absolute atomic E-state index is 13.1. The number of rotatable bonds is 1. The molecule has 2 heteroatoms. The monoisotopic (exact) mass is 167 g/mol. The highest BCUT2D eigenvalue weighted by Gasteiger charge is 2.14. The maximum atomic E-state index is 13.1. The summed E-state index contributed by atoms with van der Waals surface area (Å²) < 4.78 is 13.1. The Hall–Kier alpha value is -0.890. The molecule has 0 aliphatic carbocycles. The molecule has 1 rings (SSSR count). The summed E-state index contributed by atoms with van der Waals surface area (Å²) in [5, 5.41) is 0. The van der Waals surface area contributed by atoms with E-state index in [2.05, 4.69) is 0 Å². The van der Waals surface area contributed by atoms with E-state index in [1.54, 1.807) is 13.0 Å². The number of halogens is 1. The van der Waals surface area contributed by atoms with Crippen molar-refractivity contribution >= 4 is 0 Å². The van der Waals surface area contributed by atoms with Crippen LogP contribution in [-0.2, 0) is 5.54 Å². The second kappa shape index (κ2) is 2.87. The fourth-order valence-electron chi connectivity index (χ4n) is 0.994. The highest BCUT2D eigenvalue weighted by Crippen LogP contribution is 2.19. The van der Waals surface area contributed by atoms with Gasteiger partial charge in [-0.3, -0.25) is 0 Å². The number of hydrogen-bond donors (Lipinski definition) is 1. The average molecular weight is 167 g/mol. The lowest BCUT2D eigenvalue weighted by Crippen LogP contribution is -2.28. The van der Waals surface area contributed by atoms with Gasteiger partial charge in [-0.15, -0.1) is 0 Å². The molecule has 0 unspecified atom stereocenters. The SMILES string of the molecule is Cc1ccc(C(C)(C)N)cc1F. The molecule has 0 atom stereocenters. The van der Waals surface area contributed by atoms with Gasteiger partial charge < -0.3 is 5.73 Å². The molecule has 0 bridgehead atoms. The van der Waals surface area contributed by atoms with Gasteiger partial charge in [0.25, 0.3) is 0 Å². The minimum absolute atomic E-state index is 0.189. The van der Waals surface area contributed by atoms with Crippen LogP contribution in [-0.4, -0.2) is 0 Å². The number of nitrogens with two attached hydrogens (primary N) is 1. The first-order chi connectivity index (χ1) is 5.41. The molecule has 0 fully saturated rings. The van der Waals surface area contributed by atoms with E-state index in [9.17, 15) is 4.39 Å².